The Balaban J connectivity index is 0.786. The van der Waals surface area contributed by atoms with E-state index in [-0.39, 0.29) is 29.6 Å². The van der Waals surface area contributed by atoms with Gasteiger partial charge in [0, 0.05) is 12.3 Å². The molecule has 1 spiro atoms. The van der Waals surface area contributed by atoms with Gasteiger partial charge in [-0.1, -0.05) is 27.7 Å². The quantitative estimate of drug-likeness (QED) is 0.166. The largest absolute Gasteiger partial charge is 0.394 e. The van der Waals surface area contributed by atoms with Gasteiger partial charge in [0.05, 0.1) is 38.1 Å². The fourth-order valence-electron chi connectivity index (χ4n) is 14.3. The monoisotopic (exact) mass is 856 g/mol. The number of fused-ring (bicyclic) bond motifs is 7. The maximum absolute atomic E-state index is 11.3. The molecule has 5 saturated heterocycles. The van der Waals surface area contributed by atoms with Crippen molar-refractivity contribution in [2.24, 2.45) is 52.3 Å². The Morgan fingerprint density at radius 3 is 2.08 bits per heavy atom. The van der Waals surface area contributed by atoms with Gasteiger partial charge in [0.2, 0.25) is 0 Å². The highest BCUT2D eigenvalue weighted by Crippen LogP contribution is 2.71. The predicted octanol–water partition coefficient (Wildman–Crippen LogP) is 0.933. The molecule has 0 radical (unpaired) electrons. The molecule has 26 atom stereocenters. The Morgan fingerprint density at radius 1 is 0.633 bits per heavy atom. The molecule has 4 saturated carbocycles. The van der Waals surface area contributed by atoms with Gasteiger partial charge in [-0.2, -0.15) is 0 Å². The van der Waals surface area contributed by atoms with Gasteiger partial charge in [-0.05, 0) is 111 Å². The van der Waals surface area contributed by atoms with Crippen LogP contribution in [0.4, 0.5) is 0 Å². The Kier molecular flexibility index (Phi) is 12.4. The highest BCUT2D eigenvalue weighted by atomic mass is 16.8. The number of hydrogen-bond acceptors (Lipinski definition) is 16. The van der Waals surface area contributed by atoms with E-state index in [1.165, 1.54) is 32.6 Å². The van der Waals surface area contributed by atoms with Crippen LogP contribution >= 0.6 is 0 Å². The SMILES string of the molecule is CC1CC[C@@]2(OC1)O[C@H]1C[C@H]3[C@@H]4CC[C@@H]5C[C@@H](O[C@@H]6OC(CO)[C@@H](O[C@@H]7OC[C@@H](O[C@@H]8OC(C)[C@H](O)C(O)[C@@H]8O)[C@H](O)C7O)[C@H](O)C6O)CC[C@]5(C)[C@H]4CC[C@]3(C)[C@H]1[C@@H]2C. The average molecular weight is 857 g/mol. The summed E-state index contributed by atoms with van der Waals surface area (Å²) in [6, 6.07) is 0. The van der Waals surface area contributed by atoms with Crippen molar-refractivity contribution in [1.82, 2.24) is 0 Å². The summed E-state index contributed by atoms with van der Waals surface area (Å²) in [5.41, 5.74) is 0.435. The molecule has 16 nitrogen and oxygen atoms in total. The summed E-state index contributed by atoms with van der Waals surface area (Å²) >= 11 is 0. The van der Waals surface area contributed by atoms with Crippen LogP contribution < -0.4 is 0 Å². The second kappa shape index (κ2) is 16.7. The van der Waals surface area contributed by atoms with Gasteiger partial charge in [-0.15, -0.1) is 0 Å². The maximum Gasteiger partial charge on any atom is 0.187 e. The fourth-order valence-corrected chi connectivity index (χ4v) is 14.3. The van der Waals surface area contributed by atoms with Gasteiger partial charge in [0.25, 0.3) is 0 Å². The lowest BCUT2D eigenvalue weighted by Crippen LogP contribution is -2.64. The molecule has 8 N–H and O–H groups in total. The molecule has 9 fully saturated rings. The van der Waals surface area contributed by atoms with Crippen molar-refractivity contribution in [3.8, 4) is 0 Å². The van der Waals surface area contributed by atoms with Gasteiger partial charge < -0.3 is 78.7 Å². The summed E-state index contributed by atoms with van der Waals surface area (Å²) < 4.78 is 48.6. The van der Waals surface area contributed by atoms with Crippen LogP contribution in [0.2, 0.25) is 0 Å². The van der Waals surface area contributed by atoms with Crippen molar-refractivity contribution < 1.29 is 78.7 Å². The van der Waals surface area contributed by atoms with Crippen LogP contribution in [-0.4, -0.2) is 165 Å². The third-order valence-corrected chi connectivity index (χ3v) is 17.9. The minimum atomic E-state index is -1.72. The van der Waals surface area contributed by atoms with Crippen LogP contribution in [0.25, 0.3) is 0 Å². The highest BCUT2D eigenvalue weighted by molar-refractivity contribution is 5.15. The Bertz CT molecular complexity index is 1500. The lowest BCUT2D eigenvalue weighted by Gasteiger charge is -2.61. The fraction of sp³-hybridized carbons (Fsp3) is 1.00. The van der Waals surface area contributed by atoms with Crippen LogP contribution in [-0.2, 0) is 37.9 Å². The summed E-state index contributed by atoms with van der Waals surface area (Å²) in [6.07, 6.45) is -9.06. The van der Waals surface area contributed by atoms with E-state index in [2.05, 4.69) is 27.7 Å². The third-order valence-electron chi connectivity index (χ3n) is 17.9. The van der Waals surface area contributed by atoms with E-state index in [1.54, 1.807) is 0 Å². The summed E-state index contributed by atoms with van der Waals surface area (Å²) in [4.78, 5) is 0. The smallest absolute Gasteiger partial charge is 0.187 e. The lowest BCUT2D eigenvalue weighted by atomic mass is 9.44. The topological polar surface area (TPSA) is 236 Å². The zero-order valence-corrected chi connectivity index (χ0v) is 35.8. The van der Waals surface area contributed by atoms with Gasteiger partial charge in [0.1, 0.15) is 61.0 Å². The van der Waals surface area contributed by atoms with Crippen molar-refractivity contribution in [3.63, 3.8) is 0 Å². The van der Waals surface area contributed by atoms with Crippen LogP contribution in [0.3, 0.4) is 0 Å². The molecule has 0 aromatic rings. The normalized spacial score (nSPS) is 59.2. The molecule has 6 unspecified atom stereocenters. The van der Waals surface area contributed by atoms with Gasteiger partial charge >= 0.3 is 0 Å². The average Bonchev–Trinajstić information content (AvgIpc) is 3.68. The summed E-state index contributed by atoms with van der Waals surface area (Å²) in [7, 11) is 0. The zero-order chi connectivity index (χ0) is 42.6. The Labute approximate surface area is 353 Å². The van der Waals surface area contributed by atoms with Crippen LogP contribution in [0.15, 0.2) is 0 Å². The van der Waals surface area contributed by atoms with E-state index in [0.29, 0.717) is 41.4 Å². The molecule has 4 aliphatic carbocycles. The number of rotatable bonds is 7. The molecule has 9 rings (SSSR count). The molecule has 344 valence electrons. The number of aliphatic hydroxyl groups excluding tert-OH is 8. The minimum Gasteiger partial charge on any atom is -0.394 e. The van der Waals surface area contributed by atoms with E-state index in [1.807, 2.05) is 0 Å². The lowest BCUT2D eigenvalue weighted by molar-refractivity contribution is -0.367. The van der Waals surface area contributed by atoms with Crippen molar-refractivity contribution >= 4 is 0 Å². The maximum atomic E-state index is 11.3. The van der Waals surface area contributed by atoms with Crippen molar-refractivity contribution in [2.45, 2.75) is 203 Å². The number of ether oxygens (including phenoxy) is 8. The van der Waals surface area contributed by atoms with Crippen molar-refractivity contribution in [3.05, 3.63) is 0 Å². The Hall–Kier alpha value is -0.640. The summed E-state index contributed by atoms with van der Waals surface area (Å²) in [6.45, 7) is 11.1. The first kappa shape index (κ1) is 44.6. The van der Waals surface area contributed by atoms with Crippen LogP contribution in [0.5, 0.6) is 0 Å². The second-order valence-corrected chi connectivity index (χ2v) is 21.1. The molecule has 5 heterocycles. The van der Waals surface area contributed by atoms with Crippen molar-refractivity contribution in [1.29, 1.82) is 0 Å². The second-order valence-electron chi connectivity index (χ2n) is 21.1. The molecule has 9 aliphatic rings. The summed E-state index contributed by atoms with van der Waals surface area (Å²) in [5, 5.41) is 85.3. The van der Waals surface area contributed by atoms with Crippen LogP contribution in [0, 0.1) is 52.3 Å². The Morgan fingerprint density at radius 2 is 1.35 bits per heavy atom. The van der Waals surface area contributed by atoms with Gasteiger partial charge in [-0.25, -0.2) is 0 Å². The molecule has 5 aliphatic heterocycles. The van der Waals surface area contributed by atoms with E-state index in [0.717, 1.165) is 45.1 Å². The highest BCUT2D eigenvalue weighted by Gasteiger charge is 2.69. The van der Waals surface area contributed by atoms with E-state index >= 15 is 0 Å². The molecule has 0 aromatic carbocycles. The molecular formula is C44H72O16. The molecule has 16 heteroatoms. The van der Waals surface area contributed by atoms with Gasteiger partial charge in [0.15, 0.2) is 24.7 Å². The van der Waals surface area contributed by atoms with Gasteiger partial charge in [-0.3, -0.25) is 0 Å². The molecular weight excluding hydrogens is 784 g/mol. The standard InChI is InChI=1S/C44H72O16/c1-19-8-13-44(54-17-19)20(2)30-27(60-44)15-26-24-7-6-22-14-23(9-11-42(22,4)25(24)10-12-43(26,30)5)56-41-37(52)34(49)38(28(16-45)57-41)59-39-35(50)32(47)29(18-53-39)58-40-36(51)33(48)31(46)21(3)55-40/h19-41,45-52H,6-18H2,1-5H3/t19?,20-,21?,22+,23-,24+,25-,26-,27-,28?,29+,30-,31-,32-,33?,34+,35?,36-,37?,38+,39-,40-,41+,42-,43-,44+/m0/s1. The molecule has 0 bridgehead atoms. The predicted molar refractivity (Wildman–Crippen MR) is 208 cm³/mol. The van der Waals surface area contributed by atoms with Crippen LogP contribution in [0.1, 0.15) is 98.8 Å². The zero-order valence-electron chi connectivity index (χ0n) is 35.8. The number of aliphatic hydroxyl groups is 8. The molecule has 60 heavy (non-hydrogen) atoms. The number of hydrogen-bond donors (Lipinski definition) is 8. The minimum absolute atomic E-state index is 0.178. The third kappa shape index (κ3) is 7.27. The van der Waals surface area contributed by atoms with E-state index in [9.17, 15) is 40.9 Å². The van der Waals surface area contributed by atoms with Crippen molar-refractivity contribution in [2.75, 3.05) is 19.8 Å². The van der Waals surface area contributed by atoms with E-state index < -0.39 is 98.4 Å². The molecule has 0 amide bonds. The summed E-state index contributed by atoms with van der Waals surface area (Å²) in [5.74, 6) is 3.52. The van der Waals surface area contributed by atoms with E-state index in [4.69, 9.17) is 37.9 Å². The molecule has 0 aromatic heterocycles. The first-order chi connectivity index (χ1) is 28.5. The first-order valence-electron chi connectivity index (χ1n) is 23.1. The first-order valence-corrected chi connectivity index (χ1v) is 23.1.